The summed E-state index contributed by atoms with van der Waals surface area (Å²) in [6.45, 7) is 1.36. The molecule has 1 saturated heterocycles. The fraction of sp³-hybridized carbons (Fsp3) is 0.379. The molecule has 0 aliphatic carbocycles. The highest BCUT2D eigenvalue weighted by Crippen LogP contribution is 2.31. The summed E-state index contributed by atoms with van der Waals surface area (Å²) in [5.41, 5.74) is 3.47. The summed E-state index contributed by atoms with van der Waals surface area (Å²) in [5.74, 6) is 0.594. The summed E-state index contributed by atoms with van der Waals surface area (Å²) in [4.78, 5) is 36.5. The molecule has 40 heavy (non-hydrogen) atoms. The van der Waals surface area contributed by atoms with Crippen LogP contribution in [-0.2, 0) is 22.5 Å². The monoisotopic (exact) mass is 565 g/mol. The molecule has 3 N–H and O–H groups in total. The molecule has 0 bridgehead atoms. The number of ether oxygens (including phenoxy) is 2. The first kappa shape index (κ1) is 27.8. The third kappa shape index (κ3) is 6.52. The summed E-state index contributed by atoms with van der Waals surface area (Å²) in [6.07, 6.45) is 3.73. The molecule has 0 spiro atoms. The average Bonchev–Trinajstić information content (AvgIpc) is 3.28. The van der Waals surface area contributed by atoms with Gasteiger partial charge in [-0.05, 0) is 48.6 Å². The molecule has 3 heterocycles. The minimum atomic E-state index is -0.491. The molecule has 2 aliphatic heterocycles. The Morgan fingerprint density at radius 1 is 1.25 bits per heavy atom. The van der Waals surface area contributed by atoms with Crippen molar-refractivity contribution in [2.24, 2.45) is 0 Å². The third-order valence-electron chi connectivity index (χ3n) is 7.10. The van der Waals surface area contributed by atoms with E-state index < -0.39 is 6.04 Å². The fourth-order valence-corrected chi connectivity index (χ4v) is 5.19. The number of nitrogens with one attached hydrogen (secondary N) is 2. The number of methoxy groups -OCH3 is 1. The molecular formula is C29H32ClN5O5. The molecule has 1 atom stereocenters. The van der Waals surface area contributed by atoms with E-state index in [0.29, 0.717) is 59.7 Å². The van der Waals surface area contributed by atoms with Crippen LogP contribution in [0.4, 0.5) is 5.95 Å². The van der Waals surface area contributed by atoms with Crippen molar-refractivity contribution in [3.05, 3.63) is 70.4 Å². The van der Waals surface area contributed by atoms with Gasteiger partial charge in [0.15, 0.2) is 0 Å². The van der Waals surface area contributed by atoms with E-state index >= 15 is 0 Å². The maximum absolute atomic E-state index is 13.2. The highest BCUT2D eigenvalue weighted by Gasteiger charge is 2.30. The Labute approximate surface area is 237 Å². The maximum Gasteiger partial charge on any atom is 0.254 e. The van der Waals surface area contributed by atoms with E-state index in [1.165, 1.54) is 4.90 Å². The summed E-state index contributed by atoms with van der Waals surface area (Å²) in [7, 11) is 1.59. The second-order valence-corrected chi connectivity index (χ2v) is 10.4. The maximum atomic E-state index is 13.2. The lowest BCUT2D eigenvalue weighted by molar-refractivity contribution is -0.122. The molecule has 3 aromatic rings. The molecule has 2 aromatic carbocycles. The number of aromatic nitrogens is 2. The van der Waals surface area contributed by atoms with Gasteiger partial charge in [-0.25, -0.2) is 9.97 Å². The Morgan fingerprint density at radius 2 is 2.08 bits per heavy atom. The van der Waals surface area contributed by atoms with Crippen LogP contribution in [0.15, 0.2) is 48.7 Å². The van der Waals surface area contributed by atoms with Gasteiger partial charge >= 0.3 is 0 Å². The van der Waals surface area contributed by atoms with Crippen LogP contribution in [0.1, 0.15) is 34.3 Å². The summed E-state index contributed by atoms with van der Waals surface area (Å²) in [6, 6.07) is 12.7. The highest BCUT2D eigenvalue weighted by atomic mass is 35.5. The Kier molecular flexibility index (Phi) is 8.78. The average molecular weight is 566 g/mol. The molecule has 1 unspecified atom stereocenters. The minimum absolute atomic E-state index is 0.120. The summed E-state index contributed by atoms with van der Waals surface area (Å²) >= 11 is 6.45. The van der Waals surface area contributed by atoms with Crippen LogP contribution in [0, 0.1) is 0 Å². The Balaban J connectivity index is 1.23. The first-order valence-corrected chi connectivity index (χ1v) is 13.6. The fourth-order valence-electron chi connectivity index (χ4n) is 4.99. The molecule has 2 amide bonds. The van der Waals surface area contributed by atoms with Gasteiger partial charge in [0.1, 0.15) is 12.3 Å². The van der Waals surface area contributed by atoms with Gasteiger partial charge in [-0.2, -0.15) is 0 Å². The van der Waals surface area contributed by atoms with E-state index in [4.69, 9.17) is 21.1 Å². The van der Waals surface area contributed by atoms with Crippen LogP contribution in [-0.4, -0.2) is 77.3 Å². The molecular weight excluding hydrogens is 534 g/mol. The van der Waals surface area contributed by atoms with E-state index in [0.717, 1.165) is 24.0 Å². The number of amides is 2. The molecule has 2 aliphatic rings. The lowest BCUT2D eigenvalue weighted by Crippen LogP contribution is -2.44. The first-order chi connectivity index (χ1) is 19.4. The van der Waals surface area contributed by atoms with Crippen molar-refractivity contribution in [3.63, 3.8) is 0 Å². The molecule has 1 fully saturated rings. The lowest BCUT2D eigenvalue weighted by Gasteiger charge is -2.23. The summed E-state index contributed by atoms with van der Waals surface area (Å²) in [5, 5.41) is 16.4. The normalized spacial score (nSPS) is 16.0. The van der Waals surface area contributed by atoms with Gasteiger partial charge in [0.2, 0.25) is 11.9 Å². The topological polar surface area (TPSA) is 126 Å². The van der Waals surface area contributed by atoms with Gasteiger partial charge < -0.3 is 30.1 Å². The van der Waals surface area contributed by atoms with Crippen molar-refractivity contribution < 1.29 is 24.2 Å². The van der Waals surface area contributed by atoms with Crippen LogP contribution in [0.3, 0.4) is 0 Å². The minimum Gasteiger partial charge on any atom is -0.497 e. The Morgan fingerprint density at radius 3 is 2.85 bits per heavy atom. The number of aliphatic hydroxyl groups excluding tert-OH is 1. The van der Waals surface area contributed by atoms with Gasteiger partial charge in [0.25, 0.3) is 5.91 Å². The quantitative estimate of drug-likeness (QED) is 0.342. The van der Waals surface area contributed by atoms with Gasteiger partial charge in [0, 0.05) is 36.9 Å². The van der Waals surface area contributed by atoms with Crippen molar-refractivity contribution in [1.29, 1.82) is 0 Å². The molecule has 11 heteroatoms. The summed E-state index contributed by atoms with van der Waals surface area (Å²) < 4.78 is 10.7. The molecule has 10 nitrogen and oxygen atoms in total. The number of anilines is 1. The standard InChI is InChI=1S/C29H32ClN5O5/c1-39-23-4-2-3-18(12-23)11-22(17-36)32-26(37)16-35-15-20-6-5-19(13-24(20)28(35)38)27-25(30)14-31-29(34-27)33-21-7-9-40-10-8-21/h2-6,12-14,21-22,36H,7-11,15-17H2,1H3,(H,32,37)(H,31,33,34). The number of aliphatic hydroxyl groups is 1. The number of benzene rings is 2. The van der Waals surface area contributed by atoms with E-state index in [-0.39, 0.29) is 31.0 Å². The van der Waals surface area contributed by atoms with Crippen molar-refractivity contribution in [2.45, 2.75) is 37.9 Å². The molecule has 1 aromatic heterocycles. The van der Waals surface area contributed by atoms with Crippen LogP contribution in [0.2, 0.25) is 5.02 Å². The van der Waals surface area contributed by atoms with Crippen LogP contribution < -0.4 is 15.4 Å². The number of halogens is 1. The van der Waals surface area contributed by atoms with E-state index in [2.05, 4.69) is 20.6 Å². The number of hydrogen-bond acceptors (Lipinski definition) is 8. The van der Waals surface area contributed by atoms with Crippen LogP contribution in [0.25, 0.3) is 11.3 Å². The van der Waals surface area contributed by atoms with Crippen LogP contribution >= 0.6 is 11.6 Å². The van der Waals surface area contributed by atoms with E-state index in [1.54, 1.807) is 19.4 Å². The molecule has 0 saturated carbocycles. The zero-order valence-corrected chi connectivity index (χ0v) is 23.0. The predicted molar refractivity (Wildman–Crippen MR) is 150 cm³/mol. The van der Waals surface area contributed by atoms with Crippen LogP contribution in [0.5, 0.6) is 5.75 Å². The smallest absolute Gasteiger partial charge is 0.254 e. The predicted octanol–water partition coefficient (Wildman–Crippen LogP) is 3.07. The Hall–Kier alpha value is -3.73. The number of carbonyl (C=O) groups is 2. The van der Waals surface area contributed by atoms with Gasteiger partial charge in [0.05, 0.1) is 36.7 Å². The van der Waals surface area contributed by atoms with E-state index in [9.17, 15) is 14.7 Å². The van der Waals surface area contributed by atoms with Gasteiger partial charge in [-0.1, -0.05) is 35.9 Å². The SMILES string of the molecule is COc1cccc(CC(CO)NC(=O)CN2Cc3ccc(-c4nc(NC5CCOCC5)ncc4Cl)cc3C2=O)c1. The van der Waals surface area contributed by atoms with Crippen molar-refractivity contribution in [3.8, 4) is 17.0 Å². The van der Waals surface area contributed by atoms with Crippen molar-refractivity contribution in [2.75, 3.05) is 38.8 Å². The zero-order valence-electron chi connectivity index (χ0n) is 22.2. The van der Waals surface area contributed by atoms with Crippen molar-refractivity contribution in [1.82, 2.24) is 20.2 Å². The van der Waals surface area contributed by atoms with E-state index in [1.807, 2.05) is 36.4 Å². The highest BCUT2D eigenvalue weighted by molar-refractivity contribution is 6.33. The second-order valence-electron chi connectivity index (χ2n) is 9.96. The second kappa shape index (κ2) is 12.6. The van der Waals surface area contributed by atoms with Gasteiger partial charge in [-0.3, -0.25) is 9.59 Å². The number of hydrogen-bond donors (Lipinski definition) is 3. The zero-order chi connectivity index (χ0) is 28.1. The first-order valence-electron chi connectivity index (χ1n) is 13.3. The third-order valence-corrected chi connectivity index (χ3v) is 7.37. The lowest BCUT2D eigenvalue weighted by atomic mass is 10.0. The molecule has 210 valence electrons. The number of nitrogens with zero attached hydrogens (tertiary/aromatic N) is 3. The number of carbonyl (C=O) groups excluding carboxylic acids is 2. The largest absolute Gasteiger partial charge is 0.497 e. The number of rotatable bonds is 10. The molecule has 5 rings (SSSR count). The van der Waals surface area contributed by atoms with Gasteiger partial charge in [-0.15, -0.1) is 0 Å². The Bertz CT molecular complexity index is 1380. The molecule has 0 radical (unpaired) electrons. The van der Waals surface area contributed by atoms with Crippen molar-refractivity contribution >= 4 is 29.4 Å². The number of fused-ring (bicyclic) bond motifs is 1.